The van der Waals surface area contributed by atoms with E-state index in [9.17, 15) is 13.6 Å². The molecule has 1 saturated carbocycles. The molecule has 0 saturated heterocycles. The minimum absolute atomic E-state index is 0. The number of nitrogens with zero attached hydrogens (tertiary/aromatic N) is 4. The lowest BCUT2D eigenvalue weighted by Crippen LogP contribution is -2.52. The van der Waals surface area contributed by atoms with Gasteiger partial charge in [-0.05, 0) is 182 Å². The van der Waals surface area contributed by atoms with Gasteiger partial charge in [-0.2, -0.15) is 10.2 Å². The first-order chi connectivity index (χ1) is 35.8. The van der Waals surface area contributed by atoms with Crippen LogP contribution in [0.15, 0.2) is 144 Å². The van der Waals surface area contributed by atoms with Crippen LogP contribution in [0.2, 0.25) is 36.3 Å². The Bertz CT molecular complexity index is 3140. The van der Waals surface area contributed by atoms with E-state index in [4.69, 9.17) is 14.0 Å². The second kappa shape index (κ2) is 22.8. The number of hydrogen-bond donors (Lipinski definition) is 1. The standard InChI is InChI=1S/C33H41FN2OSi.C32H39FN2O2Si.H3N.H2O/c1-23-13-18-28(31(19-24-11-9-8-10-12-24)37-38(6,7)32(2,3)4)33(5)21-25-22-35-36(30(25)20-29(23)33)27-16-14-26(34)15-17-27;1-31(2,3)38(5,6)37-30(18-22-10-8-7-9-11-22)26-16-17-29(36)27-19-28-23(20-32(26,27)4)21-34-35(28)25-14-12-24(33)13-15-25;;/h8-17,20,22,28,31H,18-19,21H2,1-7H3;7-15,19,21,26,30H,16-18,20H2,1-6H3;1H3;1H2/t28-,31-,33-;26-,30-,32-;;/m11../s1. The van der Waals surface area contributed by atoms with Crippen LogP contribution in [-0.2, 0) is 39.3 Å². The largest absolute Gasteiger partial charge is 0.413 e. The normalized spacial score (nSPS) is 21.8. The second-order valence-electron chi connectivity index (χ2n) is 25.7. The Morgan fingerprint density at radius 1 is 0.628 bits per heavy atom. The number of allylic oxidation sites excluding steroid dienone is 4. The number of rotatable bonds is 12. The lowest BCUT2D eigenvalue weighted by atomic mass is 9.57. The van der Waals surface area contributed by atoms with E-state index in [2.05, 4.69) is 172 Å². The predicted molar refractivity (Wildman–Crippen MR) is 319 cm³/mol. The highest BCUT2D eigenvalue weighted by Crippen LogP contribution is 2.55. The Labute approximate surface area is 465 Å². The topological polar surface area (TPSA) is 138 Å². The monoisotopic (exact) mass is 1090 g/mol. The molecule has 4 aliphatic rings. The van der Waals surface area contributed by atoms with E-state index in [0.717, 1.165) is 72.4 Å². The van der Waals surface area contributed by atoms with Gasteiger partial charge in [0.15, 0.2) is 22.4 Å². The summed E-state index contributed by atoms with van der Waals surface area (Å²) >= 11 is 0. The number of ketones is 1. The van der Waals surface area contributed by atoms with Crippen molar-refractivity contribution in [3.63, 3.8) is 0 Å². The number of Topliss-reactive ketones (excluding diaryl/α,β-unsaturated/α-hetero) is 1. The zero-order valence-electron chi connectivity index (χ0n) is 48.5. The van der Waals surface area contributed by atoms with E-state index < -0.39 is 16.6 Å². The summed E-state index contributed by atoms with van der Waals surface area (Å²) < 4.78 is 45.4. The third kappa shape index (κ3) is 11.9. The van der Waals surface area contributed by atoms with Gasteiger partial charge >= 0.3 is 0 Å². The van der Waals surface area contributed by atoms with Crippen molar-refractivity contribution in [2.24, 2.45) is 22.7 Å². The quantitative estimate of drug-likeness (QED) is 0.121. The lowest BCUT2D eigenvalue weighted by molar-refractivity contribution is -0.120. The van der Waals surface area contributed by atoms with Crippen molar-refractivity contribution in [1.29, 1.82) is 0 Å². The van der Waals surface area contributed by atoms with Gasteiger partial charge in [0, 0.05) is 22.8 Å². The summed E-state index contributed by atoms with van der Waals surface area (Å²) in [4.78, 5) is 13.4. The highest BCUT2D eigenvalue weighted by atomic mass is 28.4. The van der Waals surface area contributed by atoms with Crippen LogP contribution in [0, 0.1) is 34.3 Å². The molecule has 0 spiro atoms. The molecule has 0 unspecified atom stereocenters. The van der Waals surface area contributed by atoms with Crippen molar-refractivity contribution >= 4 is 34.6 Å². The summed E-state index contributed by atoms with van der Waals surface area (Å²) in [7, 11) is -4.10. The first-order valence-electron chi connectivity index (χ1n) is 27.5. The Morgan fingerprint density at radius 3 is 1.45 bits per heavy atom. The molecule has 2 heterocycles. The van der Waals surface area contributed by atoms with Crippen molar-refractivity contribution in [2.75, 3.05) is 0 Å². The molecular formula is C65H85F2N5O4Si2. The maximum Gasteiger partial charge on any atom is 0.192 e. The highest BCUT2D eigenvalue weighted by molar-refractivity contribution is 6.74. The molecule has 416 valence electrons. The van der Waals surface area contributed by atoms with Crippen molar-refractivity contribution in [2.45, 2.75) is 156 Å². The Balaban J connectivity index is 0.000000220. The van der Waals surface area contributed by atoms with Crippen LogP contribution in [0.25, 0.3) is 23.5 Å². The molecule has 13 heteroatoms. The Kier molecular flexibility index (Phi) is 17.5. The van der Waals surface area contributed by atoms with Gasteiger partial charge in [0.25, 0.3) is 0 Å². The van der Waals surface area contributed by atoms with Gasteiger partial charge in [0.1, 0.15) is 11.6 Å². The molecule has 6 aromatic rings. The zero-order chi connectivity index (χ0) is 54.6. The van der Waals surface area contributed by atoms with E-state index in [1.807, 2.05) is 21.8 Å². The summed E-state index contributed by atoms with van der Waals surface area (Å²) in [5, 5.41) is 9.62. The minimum atomic E-state index is -2.08. The predicted octanol–water partition coefficient (Wildman–Crippen LogP) is 15.5. The molecule has 4 aromatic carbocycles. The van der Waals surface area contributed by atoms with Crippen molar-refractivity contribution < 1.29 is 27.9 Å². The molecule has 0 amide bonds. The molecule has 2 aromatic heterocycles. The summed E-state index contributed by atoms with van der Waals surface area (Å²) in [5.74, 6) is 0.238. The third-order valence-corrected chi connectivity index (χ3v) is 27.5. The molecule has 0 radical (unpaired) electrons. The van der Waals surface area contributed by atoms with Gasteiger partial charge in [-0.1, -0.05) is 128 Å². The summed E-state index contributed by atoms with van der Waals surface area (Å²) in [6, 6.07) is 34.3. The minimum Gasteiger partial charge on any atom is -0.413 e. The van der Waals surface area contributed by atoms with Gasteiger partial charge < -0.3 is 20.5 Å². The van der Waals surface area contributed by atoms with Gasteiger partial charge in [-0.15, -0.1) is 0 Å². The van der Waals surface area contributed by atoms with E-state index in [1.54, 1.807) is 24.3 Å². The maximum atomic E-state index is 13.6. The van der Waals surface area contributed by atoms with E-state index >= 15 is 0 Å². The second-order valence-corrected chi connectivity index (χ2v) is 35.2. The van der Waals surface area contributed by atoms with Gasteiger partial charge in [-0.3, -0.25) is 4.79 Å². The average Bonchev–Trinajstić information content (AvgIpc) is 3.98. The summed E-state index contributed by atoms with van der Waals surface area (Å²) in [5.41, 5.74) is 11.8. The van der Waals surface area contributed by atoms with Gasteiger partial charge in [0.2, 0.25) is 0 Å². The number of fused-ring (bicyclic) bond motifs is 4. The molecule has 10 rings (SSSR count). The molecule has 78 heavy (non-hydrogen) atoms. The van der Waals surface area contributed by atoms with Crippen LogP contribution in [0.4, 0.5) is 8.78 Å². The molecule has 0 aliphatic heterocycles. The van der Waals surface area contributed by atoms with Crippen molar-refractivity contribution in [3.05, 3.63) is 190 Å². The average molecular weight is 1090 g/mol. The molecule has 4 aliphatic carbocycles. The number of carbonyl (C=O) groups excluding carboxylic acids is 1. The summed E-state index contributed by atoms with van der Waals surface area (Å²) in [6.07, 6.45) is 16.6. The molecule has 5 N–H and O–H groups in total. The highest BCUT2D eigenvalue weighted by Gasteiger charge is 2.53. The summed E-state index contributed by atoms with van der Waals surface area (Å²) in [6.45, 7) is 30.2. The van der Waals surface area contributed by atoms with Gasteiger partial charge in [0.05, 0.1) is 47.4 Å². The first kappa shape index (κ1) is 60.0. The third-order valence-electron chi connectivity index (χ3n) is 18.5. The Morgan fingerprint density at radius 2 is 1.03 bits per heavy atom. The number of hydrogen-bond acceptors (Lipinski definition) is 6. The SMILES string of the molecule is CC(C)(C)[Si](C)(C)O[C@H](Cc1ccccc1)[C@H]1CCC(=O)C2=Cc3c(cnn3-c3ccc(F)cc3)C[C@@]21C.CC1=CC[C@H]([C@@H](Cc2ccccc2)O[Si](C)(C)C(C)(C)C)[C@@]2(C)Cc3cnn(-c4ccc(F)cc4)c3C=C12.N.O. The van der Waals surface area contributed by atoms with Crippen LogP contribution in [0.3, 0.4) is 0 Å². The van der Waals surface area contributed by atoms with Crippen LogP contribution >= 0.6 is 0 Å². The van der Waals surface area contributed by atoms with Crippen LogP contribution in [-0.4, -0.2) is 59.7 Å². The first-order valence-corrected chi connectivity index (χ1v) is 33.3. The van der Waals surface area contributed by atoms with E-state index in [0.29, 0.717) is 12.3 Å². The molecule has 1 fully saturated rings. The van der Waals surface area contributed by atoms with E-state index in [-0.39, 0.29) is 68.1 Å². The Hall–Kier alpha value is -5.68. The van der Waals surface area contributed by atoms with Crippen LogP contribution in [0.1, 0.15) is 115 Å². The number of halogens is 2. The van der Waals surface area contributed by atoms with Crippen LogP contribution in [0.5, 0.6) is 0 Å². The molecule has 9 nitrogen and oxygen atoms in total. The van der Waals surface area contributed by atoms with E-state index in [1.165, 1.54) is 52.1 Å². The van der Waals surface area contributed by atoms with Crippen molar-refractivity contribution in [1.82, 2.24) is 25.7 Å². The van der Waals surface area contributed by atoms with Crippen LogP contribution < -0.4 is 6.15 Å². The molecule has 0 bridgehead atoms. The van der Waals surface area contributed by atoms with Crippen molar-refractivity contribution in [3.8, 4) is 11.4 Å². The lowest BCUT2D eigenvalue weighted by Gasteiger charge is -2.50. The zero-order valence-corrected chi connectivity index (χ0v) is 50.5. The smallest absolute Gasteiger partial charge is 0.192 e. The number of benzene rings is 4. The fourth-order valence-corrected chi connectivity index (χ4v) is 14.8. The van der Waals surface area contributed by atoms with Gasteiger partial charge in [-0.25, -0.2) is 18.1 Å². The fraction of sp³-hybridized carbons (Fsp3) is 0.431. The number of aromatic nitrogens is 4. The molecule has 6 atom stereocenters. The number of carbonyl (C=O) groups is 1. The fourth-order valence-electron chi connectivity index (χ4n) is 12.1. The maximum absolute atomic E-state index is 13.6. The molecular weight excluding hydrogens is 1010 g/mol.